The van der Waals surface area contributed by atoms with Crippen LogP contribution in [-0.2, 0) is 7.05 Å². The molecule has 1 aliphatic rings. The van der Waals surface area contributed by atoms with Crippen molar-refractivity contribution < 1.29 is 4.79 Å². The fourth-order valence-electron chi connectivity index (χ4n) is 2.44. The van der Waals surface area contributed by atoms with Gasteiger partial charge in [0, 0.05) is 30.4 Å². The molecular formula is C16H20N4O. The van der Waals surface area contributed by atoms with E-state index in [0.29, 0.717) is 11.7 Å². The molecule has 1 aliphatic carbocycles. The van der Waals surface area contributed by atoms with Gasteiger partial charge in [0.25, 0.3) is 0 Å². The van der Waals surface area contributed by atoms with Crippen LogP contribution in [0, 0.1) is 13.8 Å². The first kappa shape index (κ1) is 13.7. The maximum absolute atomic E-state index is 12.1. The van der Waals surface area contributed by atoms with E-state index >= 15 is 0 Å². The number of amides is 2. The van der Waals surface area contributed by atoms with E-state index in [9.17, 15) is 4.79 Å². The van der Waals surface area contributed by atoms with E-state index in [-0.39, 0.29) is 6.03 Å². The molecule has 0 spiro atoms. The summed E-state index contributed by atoms with van der Waals surface area (Å²) in [6.07, 6.45) is 2.43. The lowest BCUT2D eigenvalue weighted by Crippen LogP contribution is -2.20. The van der Waals surface area contributed by atoms with Gasteiger partial charge >= 0.3 is 6.03 Å². The van der Waals surface area contributed by atoms with E-state index < -0.39 is 0 Å². The highest BCUT2D eigenvalue weighted by Gasteiger charge is 2.27. The summed E-state index contributed by atoms with van der Waals surface area (Å²) in [5.41, 5.74) is 4.17. The quantitative estimate of drug-likeness (QED) is 0.905. The third kappa shape index (κ3) is 3.07. The first-order valence-corrected chi connectivity index (χ1v) is 7.22. The zero-order chi connectivity index (χ0) is 15.0. The number of aromatic nitrogens is 2. The molecule has 1 fully saturated rings. The number of anilines is 2. The predicted octanol–water partition coefficient (Wildman–Crippen LogP) is 3.56. The fraction of sp³-hybridized carbons (Fsp3) is 0.375. The summed E-state index contributed by atoms with van der Waals surface area (Å²) in [5.74, 6) is 1.21. The average molecular weight is 284 g/mol. The molecule has 0 atom stereocenters. The van der Waals surface area contributed by atoms with Crippen LogP contribution in [0.1, 0.15) is 35.6 Å². The molecule has 0 radical (unpaired) electrons. The van der Waals surface area contributed by atoms with Crippen LogP contribution in [0.4, 0.5) is 16.3 Å². The van der Waals surface area contributed by atoms with Crippen LogP contribution in [0.15, 0.2) is 24.3 Å². The highest BCUT2D eigenvalue weighted by molar-refractivity contribution is 5.99. The smallest absolute Gasteiger partial charge is 0.307 e. The second-order valence-corrected chi connectivity index (χ2v) is 5.75. The molecule has 5 nitrogen and oxygen atoms in total. The second kappa shape index (κ2) is 5.24. The Hall–Kier alpha value is -2.30. The average Bonchev–Trinajstić information content (AvgIpc) is 3.19. The van der Waals surface area contributed by atoms with Crippen LogP contribution in [0.5, 0.6) is 0 Å². The number of urea groups is 1. The number of nitrogens with one attached hydrogen (secondary N) is 2. The molecule has 2 aromatic rings. The van der Waals surface area contributed by atoms with Crippen molar-refractivity contribution in [2.45, 2.75) is 32.6 Å². The minimum atomic E-state index is -0.260. The third-order valence-electron chi connectivity index (χ3n) is 3.79. The Balaban J connectivity index is 1.68. The van der Waals surface area contributed by atoms with Crippen molar-refractivity contribution in [2.75, 3.05) is 10.6 Å². The molecule has 0 unspecified atom stereocenters. The van der Waals surface area contributed by atoms with Crippen molar-refractivity contribution in [1.82, 2.24) is 9.78 Å². The first-order chi connectivity index (χ1) is 10.0. The topological polar surface area (TPSA) is 59.0 Å². The van der Waals surface area contributed by atoms with E-state index in [2.05, 4.69) is 15.7 Å². The molecule has 3 rings (SSSR count). The number of benzene rings is 1. The van der Waals surface area contributed by atoms with Crippen molar-refractivity contribution in [2.24, 2.45) is 7.05 Å². The summed E-state index contributed by atoms with van der Waals surface area (Å²) in [4.78, 5) is 12.1. The molecule has 2 N–H and O–H groups in total. The molecule has 1 heterocycles. The maximum atomic E-state index is 12.1. The van der Waals surface area contributed by atoms with Crippen LogP contribution in [0.3, 0.4) is 0 Å². The Morgan fingerprint density at radius 2 is 2.00 bits per heavy atom. The van der Waals surface area contributed by atoms with Gasteiger partial charge in [-0.05, 0) is 43.9 Å². The number of hydrogen-bond acceptors (Lipinski definition) is 2. The van der Waals surface area contributed by atoms with E-state index in [1.807, 2.05) is 49.8 Å². The lowest BCUT2D eigenvalue weighted by Gasteiger charge is -2.09. The molecule has 1 saturated carbocycles. The lowest BCUT2D eigenvalue weighted by molar-refractivity contribution is 0.262. The Kier molecular flexibility index (Phi) is 3.41. The molecule has 1 aromatic carbocycles. The molecule has 0 aliphatic heterocycles. The highest BCUT2D eigenvalue weighted by Crippen LogP contribution is 2.40. The van der Waals surface area contributed by atoms with E-state index in [0.717, 1.165) is 16.8 Å². The number of carbonyl (C=O) groups excluding carboxylic acids is 1. The van der Waals surface area contributed by atoms with Gasteiger partial charge in [0.05, 0.1) is 0 Å². The lowest BCUT2D eigenvalue weighted by atomic mass is 10.1. The van der Waals surface area contributed by atoms with Crippen LogP contribution >= 0.6 is 0 Å². The molecule has 2 amide bonds. The van der Waals surface area contributed by atoms with Crippen LogP contribution in [0.2, 0.25) is 0 Å². The number of aryl methyl sites for hydroxylation is 3. The van der Waals surface area contributed by atoms with Gasteiger partial charge in [0.1, 0.15) is 0 Å². The third-order valence-corrected chi connectivity index (χ3v) is 3.79. The van der Waals surface area contributed by atoms with Gasteiger partial charge in [-0.1, -0.05) is 12.1 Å². The molecule has 5 heteroatoms. The fourth-order valence-corrected chi connectivity index (χ4v) is 2.44. The van der Waals surface area contributed by atoms with Crippen molar-refractivity contribution in [3.8, 4) is 0 Å². The van der Waals surface area contributed by atoms with Crippen LogP contribution in [-0.4, -0.2) is 15.8 Å². The van der Waals surface area contributed by atoms with Gasteiger partial charge in [-0.15, -0.1) is 0 Å². The first-order valence-electron chi connectivity index (χ1n) is 7.22. The van der Waals surface area contributed by atoms with Crippen LogP contribution in [0.25, 0.3) is 0 Å². The summed E-state index contributed by atoms with van der Waals surface area (Å²) in [7, 11) is 1.92. The van der Waals surface area contributed by atoms with Crippen LogP contribution < -0.4 is 10.6 Å². The van der Waals surface area contributed by atoms with Gasteiger partial charge in [-0.2, -0.15) is 5.10 Å². The van der Waals surface area contributed by atoms with Crippen molar-refractivity contribution in [3.63, 3.8) is 0 Å². The number of nitrogens with zero attached hydrogens (tertiary/aromatic N) is 2. The summed E-state index contributed by atoms with van der Waals surface area (Å²) < 4.78 is 1.85. The van der Waals surface area contributed by atoms with Gasteiger partial charge in [-0.3, -0.25) is 10.00 Å². The standard InChI is InChI=1S/C16H20N4O/c1-10-4-5-11(2)13(8-10)17-16(21)18-15-9-14(12-6-7-12)20(3)19-15/h4-5,8-9,12H,6-7H2,1-3H3,(H2,17,18,19,21). The minimum Gasteiger partial charge on any atom is -0.307 e. The maximum Gasteiger partial charge on any atom is 0.324 e. The minimum absolute atomic E-state index is 0.260. The molecule has 110 valence electrons. The molecule has 21 heavy (non-hydrogen) atoms. The number of hydrogen-bond donors (Lipinski definition) is 2. The molecule has 0 saturated heterocycles. The van der Waals surface area contributed by atoms with Gasteiger partial charge in [0.15, 0.2) is 5.82 Å². The van der Waals surface area contributed by atoms with Gasteiger partial charge in [0.2, 0.25) is 0 Å². The Morgan fingerprint density at radius 1 is 1.24 bits per heavy atom. The van der Waals surface area contributed by atoms with Crippen molar-refractivity contribution in [1.29, 1.82) is 0 Å². The SMILES string of the molecule is Cc1ccc(C)c(NC(=O)Nc2cc(C3CC3)n(C)n2)c1. The van der Waals surface area contributed by atoms with E-state index in [1.165, 1.54) is 18.5 Å². The number of rotatable bonds is 3. The highest BCUT2D eigenvalue weighted by atomic mass is 16.2. The van der Waals surface area contributed by atoms with E-state index in [4.69, 9.17) is 0 Å². The summed E-state index contributed by atoms with van der Waals surface area (Å²) in [6, 6.07) is 7.68. The Morgan fingerprint density at radius 3 is 2.71 bits per heavy atom. The zero-order valence-corrected chi connectivity index (χ0v) is 12.6. The Labute approximate surface area is 124 Å². The zero-order valence-electron chi connectivity index (χ0n) is 12.6. The number of carbonyl (C=O) groups is 1. The molecule has 0 bridgehead atoms. The normalized spacial score (nSPS) is 14.0. The van der Waals surface area contributed by atoms with Gasteiger partial charge in [-0.25, -0.2) is 4.79 Å². The molecular weight excluding hydrogens is 264 g/mol. The molecule has 1 aromatic heterocycles. The summed E-state index contributed by atoms with van der Waals surface area (Å²) >= 11 is 0. The monoisotopic (exact) mass is 284 g/mol. The Bertz CT molecular complexity index is 686. The van der Waals surface area contributed by atoms with Crippen molar-refractivity contribution in [3.05, 3.63) is 41.1 Å². The second-order valence-electron chi connectivity index (χ2n) is 5.75. The van der Waals surface area contributed by atoms with E-state index in [1.54, 1.807) is 0 Å². The largest absolute Gasteiger partial charge is 0.324 e. The summed E-state index contributed by atoms with van der Waals surface area (Å²) in [6.45, 7) is 3.98. The van der Waals surface area contributed by atoms with Gasteiger partial charge < -0.3 is 5.32 Å². The predicted molar refractivity (Wildman–Crippen MR) is 83.7 cm³/mol. The van der Waals surface area contributed by atoms with Crippen molar-refractivity contribution >= 4 is 17.5 Å². The summed E-state index contributed by atoms with van der Waals surface area (Å²) in [5, 5.41) is 10.0.